The molecule has 1 amide bonds. The monoisotopic (exact) mass is 313 g/mol. The van der Waals surface area contributed by atoms with Gasteiger partial charge in [-0.2, -0.15) is 0 Å². The fourth-order valence-corrected chi connectivity index (χ4v) is 3.35. The molecule has 0 aliphatic carbocycles. The lowest BCUT2D eigenvalue weighted by Crippen LogP contribution is -2.40. The van der Waals surface area contributed by atoms with Gasteiger partial charge in [-0.1, -0.05) is 39.5 Å². The lowest BCUT2D eigenvalue weighted by molar-refractivity contribution is -0.124. The summed E-state index contributed by atoms with van der Waals surface area (Å²) in [6.07, 6.45) is 1.29. The van der Waals surface area contributed by atoms with Crippen LogP contribution in [0.4, 0.5) is 0 Å². The number of carbonyl (C=O) groups excluding carboxylic acids is 1. The van der Waals surface area contributed by atoms with Gasteiger partial charge in [0.15, 0.2) is 0 Å². The van der Waals surface area contributed by atoms with Gasteiger partial charge in [0.05, 0.1) is 11.0 Å². The van der Waals surface area contributed by atoms with Gasteiger partial charge in [-0.3, -0.25) is 13.9 Å². The summed E-state index contributed by atoms with van der Waals surface area (Å²) in [5.74, 6) is -0.156. The van der Waals surface area contributed by atoms with E-state index in [4.69, 9.17) is 0 Å². The number of carbonyl (C=O) groups is 1. The molecular weight excluding hydrogens is 290 g/mol. The van der Waals surface area contributed by atoms with Crippen molar-refractivity contribution in [3.63, 3.8) is 0 Å². The highest BCUT2D eigenvalue weighted by Gasteiger charge is 2.30. The Morgan fingerprint density at radius 1 is 1.26 bits per heavy atom. The van der Waals surface area contributed by atoms with E-state index >= 15 is 0 Å². The number of piperidine rings is 1. The van der Waals surface area contributed by atoms with Gasteiger partial charge < -0.3 is 5.32 Å². The predicted octanol–water partition coefficient (Wildman–Crippen LogP) is 2.60. The molecule has 0 saturated carbocycles. The Bertz CT molecular complexity index is 865. The third-order valence-corrected chi connectivity index (χ3v) is 4.54. The first-order valence-corrected chi connectivity index (χ1v) is 7.91. The Labute approximate surface area is 135 Å². The lowest BCUT2D eigenvalue weighted by atomic mass is 9.86. The van der Waals surface area contributed by atoms with Crippen molar-refractivity contribution in [1.82, 2.24) is 14.5 Å². The molecule has 0 bridgehead atoms. The minimum Gasteiger partial charge on any atom is -0.329 e. The normalized spacial score (nSPS) is 19.2. The molecule has 5 nitrogen and oxygen atoms in total. The van der Waals surface area contributed by atoms with Crippen LogP contribution in [0.3, 0.4) is 0 Å². The van der Waals surface area contributed by atoms with Gasteiger partial charge in [0.25, 0.3) is 0 Å². The average Bonchev–Trinajstić information content (AvgIpc) is 2.71. The molecule has 0 unspecified atom stereocenters. The molecule has 1 aliphatic heterocycles. The molecule has 1 N–H and O–H groups in total. The number of rotatable bonds is 1. The molecule has 1 aromatic heterocycles. The Morgan fingerprint density at radius 2 is 1.96 bits per heavy atom. The number of hydrogen-bond donors (Lipinski definition) is 1. The number of imidazole rings is 1. The first kappa shape index (κ1) is 15.6. The number of fused-ring (bicyclic) bond motifs is 1. The van der Waals surface area contributed by atoms with Crippen LogP contribution >= 0.6 is 0 Å². The zero-order valence-corrected chi connectivity index (χ0v) is 14.1. The van der Waals surface area contributed by atoms with Crippen molar-refractivity contribution >= 4 is 16.9 Å². The van der Waals surface area contributed by atoms with Crippen LogP contribution < -0.4 is 11.0 Å². The Balaban J connectivity index is 2.28. The van der Waals surface area contributed by atoms with Crippen molar-refractivity contribution in [3.05, 3.63) is 46.5 Å². The lowest BCUT2D eigenvalue weighted by Gasteiger charge is -2.25. The molecule has 1 aromatic carbocycles. The molecule has 122 valence electrons. The summed E-state index contributed by atoms with van der Waals surface area (Å²) in [5.41, 5.74) is 3.31. The third kappa shape index (κ3) is 2.40. The standard InChI is InChI=1S/C18H23N3O2/c1-11-9-10-14(16(22)19-11)21-13-8-6-7-12(18(2,3)4)15(13)20(5)17(21)23/h6-8,14H,1,9-10H2,2-5H3,(H,19,22)/t14-/m0/s1. The zero-order chi connectivity index (χ0) is 16.9. The Kier molecular flexibility index (Phi) is 3.47. The van der Waals surface area contributed by atoms with Crippen LogP contribution in [0.1, 0.15) is 45.2 Å². The Hall–Kier alpha value is -2.30. The van der Waals surface area contributed by atoms with Crippen LogP contribution in [0.25, 0.3) is 11.0 Å². The molecule has 2 heterocycles. The van der Waals surface area contributed by atoms with Crippen molar-refractivity contribution in [2.24, 2.45) is 7.05 Å². The maximum atomic E-state index is 12.8. The van der Waals surface area contributed by atoms with Crippen molar-refractivity contribution in [3.8, 4) is 0 Å². The number of aryl methyl sites for hydroxylation is 1. The number of nitrogens with one attached hydrogen (secondary N) is 1. The molecule has 0 spiro atoms. The predicted molar refractivity (Wildman–Crippen MR) is 91.4 cm³/mol. The minimum absolute atomic E-state index is 0.0843. The smallest absolute Gasteiger partial charge is 0.329 e. The topological polar surface area (TPSA) is 56.0 Å². The van der Waals surface area contributed by atoms with Gasteiger partial charge in [0.2, 0.25) is 5.91 Å². The number of amides is 1. The van der Waals surface area contributed by atoms with Crippen LogP contribution in [0.2, 0.25) is 0 Å². The summed E-state index contributed by atoms with van der Waals surface area (Å²) >= 11 is 0. The molecule has 23 heavy (non-hydrogen) atoms. The van der Waals surface area contributed by atoms with E-state index < -0.39 is 6.04 Å². The number of hydrogen-bond acceptors (Lipinski definition) is 2. The van der Waals surface area contributed by atoms with Crippen LogP contribution in [0.15, 0.2) is 35.3 Å². The second-order valence-electron chi connectivity index (χ2n) is 7.28. The minimum atomic E-state index is -0.480. The van der Waals surface area contributed by atoms with E-state index in [1.165, 1.54) is 0 Å². The molecule has 3 rings (SSSR count). The molecule has 1 fully saturated rings. The molecule has 2 aromatic rings. The van der Waals surface area contributed by atoms with E-state index in [0.29, 0.717) is 12.8 Å². The third-order valence-electron chi connectivity index (χ3n) is 4.54. The fourth-order valence-electron chi connectivity index (χ4n) is 3.35. The van der Waals surface area contributed by atoms with Crippen LogP contribution in [-0.4, -0.2) is 15.0 Å². The second kappa shape index (κ2) is 5.11. The van der Waals surface area contributed by atoms with Crippen LogP contribution in [-0.2, 0) is 17.3 Å². The van der Waals surface area contributed by atoms with Gasteiger partial charge >= 0.3 is 5.69 Å². The zero-order valence-electron chi connectivity index (χ0n) is 14.1. The van der Waals surface area contributed by atoms with Crippen LogP contribution in [0, 0.1) is 0 Å². The molecule has 0 radical (unpaired) electrons. The first-order chi connectivity index (χ1) is 10.7. The largest absolute Gasteiger partial charge is 0.329 e. The van der Waals surface area contributed by atoms with Crippen molar-refractivity contribution in [1.29, 1.82) is 0 Å². The molecule has 1 saturated heterocycles. The fraction of sp³-hybridized carbons (Fsp3) is 0.444. The second-order valence-corrected chi connectivity index (χ2v) is 7.28. The quantitative estimate of drug-likeness (QED) is 0.880. The summed E-state index contributed by atoms with van der Waals surface area (Å²) in [6, 6.07) is 5.45. The highest BCUT2D eigenvalue weighted by atomic mass is 16.2. The van der Waals surface area contributed by atoms with Crippen molar-refractivity contribution < 1.29 is 4.79 Å². The van der Waals surface area contributed by atoms with E-state index in [2.05, 4.69) is 38.7 Å². The maximum absolute atomic E-state index is 12.8. The van der Waals surface area contributed by atoms with Gasteiger partial charge in [0.1, 0.15) is 6.04 Å². The first-order valence-electron chi connectivity index (χ1n) is 7.91. The average molecular weight is 313 g/mol. The van der Waals surface area contributed by atoms with Gasteiger partial charge in [-0.25, -0.2) is 4.79 Å². The summed E-state index contributed by atoms with van der Waals surface area (Å²) in [5, 5.41) is 2.77. The number of para-hydroxylation sites is 1. The molecule has 1 atom stereocenters. The molecular formula is C18H23N3O2. The Morgan fingerprint density at radius 3 is 2.57 bits per heavy atom. The summed E-state index contributed by atoms with van der Waals surface area (Å²) < 4.78 is 3.29. The molecule has 1 aliphatic rings. The highest BCUT2D eigenvalue weighted by Crippen LogP contribution is 2.31. The summed E-state index contributed by atoms with van der Waals surface area (Å²) in [7, 11) is 1.77. The van der Waals surface area contributed by atoms with E-state index in [-0.39, 0.29) is 17.0 Å². The molecule has 5 heteroatoms. The number of benzene rings is 1. The van der Waals surface area contributed by atoms with E-state index in [0.717, 1.165) is 22.3 Å². The van der Waals surface area contributed by atoms with Crippen LogP contribution in [0.5, 0.6) is 0 Å². The number of nitrogens with zero attached hydrogens (tertiary/aromatic N) is 2. The van der Waals surface area contributed by atoms with E-state index in [9.17, 15) is 9.59 Å². The van der Waals surface area contributed by atoms with Gasteiger partial charge in [-0.15, -0.1) is 0 Å². The SMILES string of the molecule is C=C1CC[C@H](n2c(=O)n(C)c3c(C(C)(C)C)cccc32)C(=O)N1. The van der Waals surface area contributed by atoms with Gasteiger partial charge in [-0.05, 0) is 29.9 Å². The van der Waals surface area contributed by atoms with Crippen molar-refractivity contribution in [2.75, 3.05) is 0 Å². The number of aromatic nitrogens is 2. The summed E-state index contributed by atoms with van der Waals surface area (Å²) in [4.78, 5) is 25.2. The number of allylic oxidation sites excluding steroid dienone is 1. The summed E-state index contributed by atoms with van der Waals surface area (Å²) in [6.45, 7) is 10.2. The highest BCUT2D eigenvalue weighted by molar-refractivity contribution is 5.87. The van der Waals surface area contributed by atoms with Crippen molar-refractivity contribution in [2.45, 2.75) is 45.1 Å². The van der Waals surface area contributed by atoms with E-state index in [1.807, 2.05) is 12.1 Å². The van der Waals surface area contributed by atoms with Gasteiger partial charge in [0, 0.05) is 12.7 Å². The maximum Gasteiger partial charge on any atom is 0.329 e. The van der Waals surface area contributed by atoms with E-state index in [1.54, 1.807) is 16.2 Å².